The summed E-state index contributed by atoms with van der Waals surface area (Å²) in [6, 6.07) is 33.5. The number of fused-ring (bicyclic) bond motifs is 4. The van der Waals surface area contributed by atoms with E-state index in [1.165, 1.54) is 0 Å². The first kappa shape index (κ1) is 53.1. The van der Waals surface area contributed by atoms with Crippen LogP contribution in [0.15, 0.2) is 121 Å². The maximum absolute atomic E-state index is 14.4. The summed E-state index contributed by atoms with van der Waals surface area (Å²) in [6.45, 7) is 15.7. The van der Waals surface area contributed by atoms with Crippen molar-refractivity contribution in [2.45, 2.75) is 161 Å². The van der Waals surface area contributed by atoms with E-state index in [1.807, 2.05) is 0 Å². The van der Waals surface area contributed by atoms with Gasteiger partial charge in [-0.15, -0.1) is 0 Å². The molecular formula is C64H74O13. The lowest BCUT2D eigenvalue weighted by Crippen LogP contribution is -2.76. The predicted octanol–water partition coefficient (Wildman–Crippen LogP) is 11.2. The molecule has 2 heterocycles. The summed E-state index contributed by atoms with van der Waals surface area (Å²) in [5, 5.41) is 12.9. The molecule has 0 unspecified atom stereocenters. The van der Waals surface area contributed by atoms with Crippen molar-refractivity contribution >= 4 is 29.8 Å². The van der Waals surface area contributed by atoms with Gasteiger partial charge >= 0.3 is 29.8 Å². The zero-order chi connectivity index (χ0) is 54.3. The quantitative estimate of drug-likeness (QED) is 0.0856. The smallest absolute Gasteiger partial charge is 0.338 e. The standard InChI is InChI=1S/C64H74O13/c1-58(2)32-34-63-35-33-62(7)61(6)31-28-44-59(3,4)48(29-30-60(44,5)45(61)36-47(65)64(62,46(63)37-58)77-57(63)70)73-56-51(76-55(69)42-26-18-11-19-27-42)50(75-54(68)41-24-16-10-17-25-41)49(74-53(67)40-22-14-9-15-23-40)43(72-56)38-71-52(66)39-20-12-8-13-21-39/h8-27,43-51,56,65H,28-38H2,1-7H3/t43-,44+,45-,46-,47+,48+,49-,50+,51-,56+,60+,61-,62+,63+,64-/m1/s1. The predicted molar refractivity (Wildman–Crippen MR) is 283 cm³/mol. The number of rotatable bonds is 11. The fourth-order valence-electron chi connectivity index (χ4n) is 16.8. The van der Waals surface area contributed by atoms with E-state index < -0.39 is 95.2 Å². The summed E-state index contributed by atoms with van der Waals surface area (Å²) >= 11 is 0. The molecule has 2 bridgehead atoms. The molecule has 0 amide bonds. The molecule has 1 N–H and O–H groups in total. The van der Waals surface area contributed by atoms with Crippen molar-refractivity contribution in [1.82, 2.24) is 0 Å². The van der Waals surface area contributed by atoms with Gasteiger partial charge in [-0.05, 0) is 146 Å². The largest absolute Gasteiger partial charge is 0.459 e. The molecule has 1 spiro atoms. The summed E-state index contributed by atoms with van der Waals surface area (Å²) in [5.74, 6) is -2.99. The minimum atomic E-state index is -1.56. The van der Waals surface area contributed by atoms with Crippen LogP contribution in [0.3, 0.4) is 0 Å². The second-order valence-corrected chi connectivity index (χ2v) is 25.6. The average molecular weight is 1050 g/mol. The number of benzene rings is 4. The van der Waals surface area contributed by atoms with Gasteiger partial charge in [0.1, 0.15) is 18.3 Å². The zero-order valence-electron chi connectivity index (χ0n) is 45.4. The SMILES string of the molecule is CC1(C)CC[C@@]23CC[C@]4(C)[C@@](OC2=O)([C@@H]3C1)[C@@H](O)C[C@@H]1[C@@]2(C)CC[C@H](O[C@@H]3O[C@H](COC(=O)c5ccccc5)[C@@H](OC(=O)c5ccccc5)[C@H](OC(=O)c5ccccc5)[C@H]3OC(=O)c3ccccc3)C(C)(C)[C@@H]2CC[C@]14C. The topological polar surface area (TPSA) is 170 Å². The molecule has 7 fully saturated rings. The molecule has 15 atom stereocenters. The molecule has 4 aromatic rings. The zero-order valence-corrected chi connectivity index (χ0v) is 45.4. The lowest BCUT2D eigenvalue weighted by Gasteiger charge is -2.74. The number of aliphatic hydroxyl groups excluding tert-OH is 1. The first-order chi connectivity index (χ1) is 36.7. The van der Waals surface area contributed by atoms with Crippen molar-refractivity contribution in [2.75, 3.05) is 6.61 Å². The van der Waals surface area contributed by atoms with E-state index in [4.69, 9.17) is 33.2 Å². The highest BCUT2D eigenvalue weighted by Crippen LogP contribution is 2.81. The summed E-state index contributed by atoms with van der Waals surface area (Å²) in [7, 11) is 0. The number of hydrogen-bond acceptors (Lipinski definition) is 13. The van der Waals surface area contributed by atoms with Gasteiger partial charge in [0.2, 0.25) is 0 Å². The maximum atomic E-state index is 14.4. The molecule has 5 saturated carbocycles. The molecular weight excluding hydrogens is 977 g/mol. The van der Waals surface area contributed by atoms with Crippen molar-refractivity contribution < 1.29 is 62.2 Å². The third-order valence-corrected chi connectivity index (χ3v) is 21.0. The molecule has 2 saturated heterocycles. The number of carbonyl (C=O) groups excluding carboxylic acids is 5. The van der Waals surface area contributed by atoms with Gasteiger partial charge in [-0.25, -0.2) is 19.2 Å². The number of aliphatic hydroxyl groups is 1. The Bertz CT molecular complexity index is 2870. The first-order valence-electron chi connectivity index (χ1n) is 27.9. The number of esters is 5. The second kappa shape index (κ2) is 19.5. The minimum absolute atomic E-state index is 0.0293. The van der Waals surface area contributed by atoms with Crippen LogP contribution in [0.25, 0.3) is 0 Å². The maximum Gasteiger partial charge on any atom is 0.338 e. The Hall–Kier alpha value is -5.89. The average Bonchev–Trinajstić information content (AvgIpc) is 3.90. The van der Waals surface area contributed by atoms with Crippen LogP contribution in [0.1, 0.15) is 154 Å². The van der Waals surface area contributed by atoms with Gasteiger partial charge in [0.05, 0.1) is 39.9 Å². The van der Waals surface area contributed by atoms with Crippen LogP contribution in [0.4, 0.5) is 0 Å². The molecule has 7 aliphatic rings. The van der Waals surface area contributed by atoms with Gasteiger partial charge < -0.3 is 38.3 Å². The lowest BCUT2D eigenvalue weighted by molar-refractivity contribution is -0.339. The Labute approximate surface area is 452 Å². The van der Waals surface area contributed by atoms with Crippen LogP contribution in [0, 0.1) is 50.2 Å². The van der Waals surface area contributed by atoms with Crippen LogP contribution < -0.4 is 0 Å². The lowest BCUT2D eigenvalue weighted by atomic mass is 9.30. The van der Waals surface area contributed by atoms with Crippen LogP contribution in [-0.2, 0) is 38.0 Å². The molecule has 0 aromatic heterocycles. The Kier molecular flexibility index (Phi) is 13.4. The number of hydrogen-bond donors (Lipinski definition) is 1. The molecule has 2 aliphatic heterocycles. The molecule has 11 rings (SSSR count). The fraction of sp³-hybridized carbons (Fsp3) is 0.547. The Morgan fingerprint density at radius 3 is 1.64 bits per heavy atom. The number of ether oxygens (including phenoxy) is 7. The van der Waals surface area contributed by atoms with Gasteiger partial charge in [-0.1, -0.05) is 121 Å². The molecule has 408 valence electrons. The van der Waals surface area contributed by atoms with Crippen LogP contribution in [0.2, 0.25) is 0 Å². The fourth-order valence-corrected chi connectivity index (χ4v) is 16.8. The van der Waals surface area contributed by atoms with E-state index in [0.717, 1.165) is 51.4 Å². The normalized spacial score (nSPS) is 38.2. The third kappa shape index (κ3) is 8.54. The molecule has 5 aliphatic carbocycles. The molecule has 13 nitrogen and oxygen atoms in total. The first-order valence-corrected chi connectivity index (χ1v) is 27.9. The summed E-state index contributed by atoms with van der Waals surface area (Å²) in [6.07, 6.45) is -0.979. The highest BCUT2D eigenvalue weighted by Gasteiger charge is 2.83. The van der Waals surface area contributed by atoms with Crippen LogP contribution >= 0.6 is 0 Å². The third-order valence-electron chi connectivity index (χ3n) is 21.0. The van der Waals surface area contributed by atoms with Crippen molar-refractivity contribution in [3.63, 3.8) is 0 Å². The summed E-state index contributed by atoms with van der Waals surface area (Å²) in [5.41, 5.74) is -2.19. The Morgan fingerprint density at radius 2 is 1.08 bits per heavy atom. The van der Waals surface area contributed by atoms with E-state index in [2.05, 4.69) is 48.5 Å². The highest BCUT2D eigenvalue weighted by atomic mass is 16.7. The monoisotopic (exact) mass is 1050 g/mol. The number of carbonyl (C=O) groups is 5. The van der Waals surface area contributed by atoms with Crippen molar-refractivity contribution in [1.29, 1.82) is 0 Å². The molecule has 77 heavy (non-hydrogen) atoms. The van der Waals surface area contributed by atoms with Crippen LogP contribution in [0.5, 0.6) is 0 Å². The molecule has 0 radical (unpaired) electrons. The molecule has 4 aromatic carbocycles. The van der Waals surface area contributed by atoms with Gasteiger partial charge in [-0.2, -0.15) is 0 Å². The second-order valence-electron chi connectivity index (χ2n) is 25.6. The van der Waals surface area contributed by atoms with Crippen molar-refractivity contribution in [3.8, 4) is 0 Å². The summed E-state index contributed by atoms with van der Waals surface area (Å²) < 4.78 is 46.2. The van der Waals surface area contributed by atoms with Crippen molar-refractivity contribution in [2.24, 2.45) is 50.2 Å². The van der Waals surface area contributed by atoms with Gasteiger partial charge in [0.15, 0.2) is 24.6 Å². The Morgan fingerprint density at radius 1 is 0.571 bits per heavy atom. The van der Waals surface area contributed by atoms with Gasteiger partial charge in [0, 0.05) is 11.3 Å². The highest BCUT2D eigenvalue weighted by molar-refractivity contribution is 5.92. The van der Waals surface area contributed by atoms with E-state index in [1.54, 1.807) is 121 Å². The van der Waals surface area contributed by atoms with Gasteiger partial charge in [-0.3, -0.25) is 4.79 Å². The van der Waals surface area contributed by atoms with E-state index in [-0.39, 0.29) is 62.2 Å². The minimum Gasteiger partial charge on any atom is -0.459 e. The van der Waals surface area contributed by atoms with E-state index >= 15 is 0 Å². The summed E-state index contributed by atoms with van der Waals surface area (Å²) in [4.78, 5) is 71.0. The Balaban J connectivity index is 0.946. The van der Waals surface area contributed by atoms with Gasteiger partial charge in [0.25, 0.3) is 0 Å². The van der Waals surface area contributed by atoms with E-state index in [9.17, 15) is 29.1 Å². The van der Waals surface area contributed by atoms with Crippen molar-refractivity contribution in [3.05, 3.63) is 144 Å². The van der Waals surface area contributed by atoms with Crippen LogP contribution in [-0.4, -0.2) is 90.1 Å². The molecule has 13 heteroatoms. The van der Waals surface area contributed by atoms with E-state index in [0.29, 0.717) is 12.8 Å².